The maximum Gasteiger partial charge on any atom is 0.224 e. The third-order valence-corrected chi connectivity index (χ3v) is 1.84. The zero-order valence-corrected chi connectivity index (χ0v) is 9.50. The van der Waals surface area contributed by atoms with E-state index in [0.717, 1.165) is 19.2 Å². The van der Waals surface area contributed by atoms with E-state index in [9.17, 15) is 4.39 Å². The van der Waals surface area contributed by atoms with Crippen LogP contribution in [0.2, 0.25) is 0 Å². The minimum atomic E-state index is -0.554. The topological polar surface area (TPSA) is 70.1 Å². The summed E-state index contributed by atoms with van der Waals surface area (Å²) in [6.45, 7) is 4.62. The number of nitrogens with zero attached hydrogens (tertiary/aromatic N) is 2. The van der Waals surface area contributed by atoms with Crippen LogP contribution in [0.25, 0.3) is 0 Å². The first-order valence-electron chi connectivity index (χ1n) is 5.31. The minimum Gasteiger partial charge on any atom is -0.392 e. The van der Waals surface area contributed by atoms with Crippen LogP contribution in [0.1, 0.15) is 20.3 Å². The first-order valence-corrected chi connectivity index (χ1v) is 5.31. The molecule has 0 aliphatic rings. The quantitative estimate of drug-likeness (QED) is 0.683. The third-order valence-electron chi connectivity index (χ3n) is 1.84. The molecule has 0 saturated heterocycles. The van der Waals surface area contributed by atoms with E-state index in [1.807, 2.05) is 6.92 Å². The van der Waals surface area contributed by atoms with E-state index in [4.69, 9.17) is 5.11 Å². The highest BCUT2D eigenvalue weighted by Crippen LogP contribution is 2.11. The first-order chi connectivity index (χ1) is 7.63. The van der Waals surface area contributed by atoms with Gasteiger partial charge in [-0.25, -0.2) is 9.37 Å². The molecule has 0 aliphatic heterocycles. The molecule has 1 atom stereocenters. The number of rotatable bonds is 6. The second-order valence-corrected chi connectivity index (χ2v) is 3.55. The molecule has 0 aliphatic carbocycles. The molecule has 1 aromatic rings. The van der Waals surface area contributed by atoms with Gasteiger partial charge >= 0.3 is 0 Å². The molecular weight excluding hydrogens is 211 g/mol. The average molecular weight is 228 g/mol. The van der Waals surface area contributed by atoms with Gasteiger partial charge in [0.15, 0.2) is 11.6 Å². The average Bonchev–Trinajstić information content (AvgIpc) is 2.26. The predicted molar refractivity (Wildman–Crippen MR) is 60.9 cm³/mol. The molecule has 90 valence electrons. The summed E-state index contributed by atoms with van der Waals surface area (Å²) in [5, 5.41) is 14.7. The molecule has 3 N–H and O–H groups in total. The molecule has 1 rings (SSSR count). The highest BCUT2D eigenvalue weighted by atomic mass is 19.1. The van der Waals surface area contributed by atoms with E-state index < -0.39 is 11.9 Å². The predicted octanol–water partition coefficient (Wildman–Crippen LogP) is 1.23. The Morgan fingerprint density at radius 3 is 2.88 bits per heavy atom. The molecule has 0 bridgehead atoms. The molecule has 1 heterocycles. The second kappa shape index (κ2) is 6.22. The van der Waals surface area contributed by atoms with Crippen LogP contribution in [-0.2, 0) is 0 Å². The Kier molecular flexibility index (Phi) is 4.91. The van der Waals surface area contributed by atoms with Crippen LogP contribution in [0, 0.1) is 5.82 Å². The van der Waals surface area contributed by atoms with Gasteiger partial charge in [0.05, 0.1) is 12.3 Å². The van der Waals surface area contributed by atoms with Crippen molar-refractivity contribution < 1.29 is 9.50 Å². The summed E-state index contributed by atoms with van der Waals surface area (Å²) in [5.74, 6) is -0.0338. The Morgan fingerprint density at radius 2 is 2.25 bits per heavy atom. The van der Waals surface area contributed by atoms with Crippen molar-refractivity contribution in [2.24, 2.45) is 0 Å². The summed E-state index contributed by atoms with van der Waals surface area (Å²) in [4.78, 5) is 7.77. The Morgan fingerprint density at radius 1 is 1.50 bits per heavy atom. The van der Waals surface area contributed by atoms with Crippen LogP contribution in [0.3, 0.4) is 0 Å². The largest absolute Gasteiger partial charge is 0.392 e. The highest BCUT2D eigenvalue weighted by molar-refractivity contribution is 5.41. The molecule has 0 aromatic carbocycles. The molecule has 6 heteroatoms. The van der Waals surface area contributed by atoms with Gasteiger partial charge in [0.1, 0.15) is 0 Å². The van der Waals surface area contributed by atoms with Crippen molar-refractivity contribution in [2.75, 3.05) is 23.7 Å². The van der Waals surface area contributed by atoms with Crippen LogP contribution in [0.4, 0.5) is 16.2 Å². The molecular formula is C10H17FN4O. The van der Waals surface area contributed by atoms with Crippen molar-refractivity contribution in [2.45, 2.75) is 26.4 Å². The summed E-state index contributed by atoms with van der Waals surface area (Å²) >= 11 is 0. The fourth-order valence-electron chi connectivity index (χ4n) is 1.06. The standard InChI is InChI=1S/C10H17FN4O/c1-3-4-12-10-14-6-8(11)9(15-10)13-5-7(2)16/h6-7,16H,3-5H2,1-2H3,(H2,12,13,14,15). The lowest BCUT2D eigenvalue weighted by molar-refractivity contribution is 0.208. The van der Waals surface area contributed by atoms with Gasteiger partial charge in [-0.05, 0) is 13.3 Å². The van der Waals surface area contributed by atoms with Crippen LogP contribution in [0.15, 0.2) is 6.20 Å². The Balaban J connectivity index is 2.66. The molecule has 16 heavy (non-hydrogen) atoms. The zero-order valence-electron chi connectivity index (χ0n) is 9.50. The lowest BCUT2D eigenvalue weighted by Crippen LogP contribution is -2.17. The number of hydrogen-bond donors (Lipinski definition) is 3. The van der Waals surface area contributed by atoms with Gasteiger partial charge in [0.25, 0.3) is 0 Å². The van der Waals surface area contributed by atoms with Gasteiger partial charge in [-0.1, -0.05) is 6.92 Å². The van der Waals surface area contributed by atoms with Crippen molar-refractivity contribution in [3.8, 4) is 0 Å². The number of anilines is 2. The zero-order chi connectivity index (χ0) is 12.0. The fraction of sp³-hybridized carbons (Fsp3) is 0.600. The van der Waals surface area contributed by atoms with Crippen LogP contribution in [-0.4, -0.2) is 34.3 Å². The smallest absolute Gasteiger partial charge is 0.224 e. The van der Waals surface area contributed by atoms with E-state index in [2.05, 4.69) is 20.6 Å². The second-order valence-electron chi connectivity index (χ2n) is 3.55. The molecule has 5 nitrogen and oxygen atoms in total. The SMILES string of the molecule is CCCNc1ncc(F)c(NCC(C)O)n1. The Hall–Kier alpha value is -1.43. The van der Waals surface area contributed by atoms with Crippen molar-refractivity contribution in [1.29, 1.82) is 0 Å². The van der Waals surface area contributed by atoms with E-state index >= 15 is 0 Å². The van der Waals surface area contributed by atoms with Crippen LogP contribution < -0.4 is 10.6 Å². The first kappa shape index (κ1) is 12.6. The molecule has 1 aromatic heterocycles. The summed E-state index contributed by atoms with van der Waals surface area (Å²) in [5.41, 5.74) is 0. The van der Waals surface area contributed by atoms with Gasteiger partial charge in [-0.2, -0.15) is 4.98 Å². The van der Waals surface area contributed by atoms with E-state index in [1.54, 1.807) is 6.92 Å². The van der Waals surface area contributed by atoms with Crippen molar-refractivity contribution in [3.63, 3.8) is 0 Å². The number of aliphatic hydroxyl groups is 1. The minimum absolute atomic E-state index is 0.106. The maximum absolute atomic E-state index is 13.2. The number of halogens is 1. The number of aromatic nitrogens is 2. The van der Waals surface area contributed by atoms with Gasteiger partial charge in [0, 0.05) is 13.1 Å². The van der Waals surface area contributed by atoms with Crippen molar-refractivity contribution >= 4 is 11.8 Å². The summed E-state index contributed by atoms with van der Waals surface area (Å²) in [6.07, 6.45) is 1.49. The number of hydrogen-bond acceptors (Lipinski definition) is 5. The van der Waals surface area contributed by atoms with Crippen molar-refractivity contribution in [1.82, 2.24) is 9.97 Å². The number of aliphatic hydroxyl groups excluding tert-OH is 1. The molecule has 0 spiro atoms. The molecule has 0 radical (unpaired) electrons. The summed E-state index contributed by atoms with van der Waals surface area (Å²) < 4.78 is 13.2. The van der Waals surface area contributed by atoms with E-state index in [-0.39, 0.29) is 12.4 Å². The van der Waals surface area contributed by atoms with Gasteiger partial charge in [0.2, 0.25) is 5.95 Å². The monoisotopic (exact) mass is 228 g/mol. The lowest BCUT2D eigenvalue weighted by Gasteiger charge is -2.09. The summed E-state index contributed by atoms with van der Waals surface area (Å²) in [6, 6.07) is 0. The van der Waals surface area contributed by atoms with Gasteiger partial charge < -0.3 is 15.7 Å². The fourth-order valence-corrected chi connectivity index (χ4v) is 1.06. The Bertz CT molecular complexity index is 333. The maximum atomic E-state index is 13.2. The summed E-state index contributed by atoms with van der Waals surface area (Å²) in [7, 11) is 0. The number of nitrogens with one attached hydrogen (secondary N) is 2. The molecule has 1 unspecified atom stereocenters. The molecule has 0 fully saturated rings. The highest BCUT2D eigenvalue weighted by Gasteiger charge is 2.06. The Labute approximate surface area is 94.1 Å². The van der Waals surface area contributed by atoms with E-state index in [1.165, 1.54) is 0 Å². The normalized spacial score (nSPS) is 12.2. The van der Waals surface area contributed by atoms with E-state index in [0.29, 0.717) is 5.95 Å². The molecule has 0 amide bonds. The lowest BCUT2D eigenvalue weighted by atomic mass is 10.4. The third kappa shape index (κ3) is 3.98. The van der Waals surface area contributed by atoms with Crippen LogP contribution in [0.5, 0.6) is 0 Å². The van der Waals surface area contributed by atoms with Gasteiger partial charge in [-0.3, -0.25) is 0 Å². The van der Waals surface area contributed by atoms with Gasteiger partial charge in [-0.15, -0.1) is 0 Å². The van der Waals surface area contributed by atoms with Crippen molar-refractivity contribution in [3.05, 3.63) is 12.0 Å². The van der Waals surface area contributed by atoms with Crippen LogP contribution >= 0.6 is 0 Å². The molecule has 0 saturated carbocycles.